The molecule has 0 aliphatic carbocycles. The second-order valence-electron chi connectivity index (χ2n) is 9.75. The SMILES string of the molecule is C[Si](C)c1cc(-c2ccccc2)c2ccc3c([Si](C)C)cc(-c4ccccc4)c4ccc1c2c43. The molecule has 34 heavy (non-hydrogen) atoms. The molecule has 0 aromatic heterocycles. The lowest BCUT2D eigenvalue weighted by molar-refractivity contribution is 1.66. The third kappa shape index (κ3) is 3.24. The highest BCUT2D eigenvalue weighted by Gasteiger charge is 2.21. The quantitative estimate of drug-likeness (QED) is 0.183. The summed E-state index contributed by atoms with van der Waals surface area (Å²) in [6, 6.07) is 36.5. The second kappa shape index (κ2) is 8.23. The first-order valence-corrected chi connectivity index (χ1v) is 17.0. The van der Waals surface area contributed by atoms with Crippen molar-refractivity contribution >= 4 is 60.3 Å². The average molecular weight is 469 g/mol. The van der Waals surface area contributed by atoms with Crippen LogP contribution in [0.25, 0.3) is 54.6 Å². The first-order valence-electron chi connectivity index (χ1n) is 12.0. The van der Waals surface area contributed by atoms with Crippen LogP contribution in [-0.2, 0) is 0 Å². The van der Waals surface area contributed by atoms with Gasteiger partial charge in [0.2, 0.25) is 0 Å². The molecule has 0 aliphatic heterocycles. The van der Waals surface area contributed by atoms with Crippen LogP contribution in [0, 0.1) is 0 Å². The minimum absolute atomic E-state index is 0.645. The van der Waals surface area contributed by atoms with Crippen LogP contribution < -0.4 is 10.4 Å². The third-order valence-corrected chi connectivity index (χ3v) is 10.1. The van der Waals surface area contributed by atoms with E-state index in [4.69, 9.17) is 0 Å². The summed E-state index contributed by atoms with van der Waals surface area (Å²) in [5.41, 5.74) is 5.36. The summed E-state index contributed by atoms with van der Waals surface area (Å²) < 4.78 is 0. The first kappa shape index (κ1) is 21.3. The van der Waals surface area contributed by atoms with Crippen LogP contribution in [0.1, 0.15) is 0 Å². The zero-order valence-electron chi connectivity index (χ0n) is 20.2. The van der Waals surface area contributed by atoms with Gasteiger partial charge in [-0.2, -0.15) is 0 Å². The molecule has 0 saturated carbocycles. The predicted molar refractivity (Wildman–Crippen MR) is 155 cm³/mol. The Morgan fingerprint density at radius 2 is 0.765 bits per heavy atom. The molecule has 0 fully saturated rings. The largest absolute Gasteiger partial charge is 0.0800 e. The molecule has 6 rings (SSSR count). The Morgan fingerprint density at radius 3 is 1.12 bits per heavy atom. The average Bonchev–Trinajstić information content (AvgIpc) is 2.87. The number of benzene rings is 6. The highest BCUT2D eigenvalue weighted by molar-refractivity contribution is 6.75. The fourth-order valence-electron chi connectivity index (χ4n) is 5.53. The van der Waals surface area contributed by atoms with Gasteiger partial charge in [-0.1, -0.05) is 134 Å². The fraction of sp³-hybridized carbons (Fsp3) is 0.125. The van der Waals surface area contributed by atoms with E-state index in [1.54, 1.807) is 0 Å². The second-order valence-corrected chi connectivity index (χ2v) is 14.8. The van der Waals surface area contributed by atoms with E-state index in [-0.39, 0.29) is 0 Å². The van der Waals surface area contributed by atoms with Crippen molar-refractivity contribution in [3.05, 3.63) is 97.1 Å². The van der Waals surface area contributed by atoms with Crippen molar-refractivity contribution in [2.75, 3.05) is 0 Å². The van der Waals surface area contributed by atoms with E-state index in [0.717, 1.165) is 0 Å². The van der Waals surface area contributed by atoms with Gasteiger partial charge in [-0.25, -0.2) is 0 Å². The van der Waals surface area contributed by atoms with Gasteiger partial charge in [0.15, 0.2) is 0 Å². The van der Waals surface area contributed by atoms with Gasteiger partial charge in [0.25, 0.3) is 0 Å². The van der Waals surface area contributed by atoms with Crippen molar-refractivity contribution < 1.29 is 0 Å². The van der Waals surface area contributed by atoms with E-state index in [1.807, 2.05) is 0 Å². The van der Waals surface area contributed by atoms with Gasteiger partial charge < -0.3 is 0 Å². The van der Waals surface area contributed by atoms with Crippen molar-refractivity contribution in [1.82, 2.24) is 0 Å². The van der Waals surface area contributed by atoms with Crippen LogP contribution >= 0.6 is 0 Å². The Kier molecular flexibility index (Phi) is 5.16. The molecular weight excluding hydrogens is 441 g/mol. The molecular formula is C32H28Si2. The number of hydrogen-bond donors (Lipinski definition) is 0. The molecule has 2 radical (unpaired) electrons. The van der Waals surface area contributed by atoms with Crippen molar-refractivity contribution in [2.45, 2.75) is 26.2 Å². The van der Waals surface area contributed by atoms with E-state index in [9.17, 15) is 0 Å². The van der Waals surface area contributed by atoms with Crippen LogP contribution in [0.4, 0.5) is 0 Å². The Labute approximate surface area is 205 Å². The third-order valence-electron chi connectivity index (χ3n) is 7.15. The maximum atomic E-state index is 2.49. The summed E-state index contributed by atoms with van der Waals surface area (Å²) in [7, 11) is -1.29. The minimum Gasteiger partial charge on any atom is -0.0671 e. The Hall–Kier alpha value is -3.21. The van der Waals surface area contributed by atoms with E-state index >= 15 is 0 Å². The zero-order valence-corrected chi connectivity index (χ0v) is 22.2. The smallest absolute Gasteiger partial charge is 0.0671 e. The monoisotopic (exact) mass is 468 g/mol. The zero-order chi connectivity index (χ0) is 23.4. The summed E-state index contributed by atoms with van der Waals surface area (Å²) in [6.07, 6.45) is 0. The molecule has 6 aromatic carbocycles. The molecule has 0 bridgehead atoms. The Balaban J connectivity index is 1.85. The summed E-state index contributed by atoms with van der Waals surface area (Å²) in [5.74, 6) is 0. The molecule has 2 heteroatoms. The highest BCUT2D eigenvalue weighted by atomic mass is 28.3. The van der Waals surface area contributed by atoms with Crippen molar-refractivity contribution in [1.29, 1.82) is 0 Å². The topological polar surface area (TPSA) is 0 Å². The van der Waals surface area contributed by atoms with Crippen molar-refractivity contribution in [2.24, 2.45) is 0 Å². The van der Waals surface area contributed by atoms with Crippen LogP contribution in [0.2, 0.25) is 26.2 Å². The highest BCUT2D eigenvalue weighted by Crippen LogP contribution is 2.41. The van der Waals surface area contributed by atoms with Gasteiger partial charge >= 0.3 is 0 Å². The Morgan fingerprint density at radius 1 is 0.412 bits per heavy atom. The van der Waals surface area contributed by atoms with E-state index in [2.05, 4.69) is 123 Å². The lowest BCUT2D eigenvalue weighted by atomic mass is 9.87. The standard InChI is InChI=1S/C32H28Si2/c1-33(2)29-19-27(21-11-7-5-8-12-21)23-16-18-26-30(34(3)4)20-28(22-13-9-6-10-14-22)24-15-17-25(29)31(23)32(24)26/h5-20H,1-4H3. The lowest BCUT2D eigenvalue weighted by Crippen LogP contribution is -2.25. The fourth-order valence-corrected chi connectivity index (χ4v) is 7.89. The maximum absolute atomic E-state index is 2.49. The van der Waals surface area contributed by atoms with E-state index in [0.29, 0.717) is 0 Å². The molecule has 164 valence electrons. The number of rotatable bonds is 4. The Bertz CT molecular complexity index is 1510. The van der Waals surface area contributed by atoms with Gasteiger partial charge in [-0.05, 0) is 54.6 Å². The van der Waals surface area contributed by atoms with Crippen LogP contribution in [0.3, 0.4) is 0 Å². The van der Waals surface area contributed by atoms with Crippen molar-refractivity contribution in [3.63, 3.8) is 0 Å². The predicted octanol–water partition coefficient (Wildman–Crippen LogP) is 7.84. The molecule has 0 amide bonds. The van der Waals surface area contributed by atoms with Gasteiger partial charge in [0.05, 0.1) is 17.6 Å². The molecule has 0 unspecified atom stereocenters. The summed E-state index contributed by atoms with van der Waals surface area (Å²) in [4.78, 5) is 0. The van der Waals surface area contributed by atoms with Gasteiger partial charge in [-0.15, -0.1) is 0 Å². The maximum Gasteiger partial charge on any atom is 0.0800 e. The molecule has 0 saturated heterocycles. The first-order chi connectivity index (χ1) is 16.5. The normalized spacial score (nSPS) is 12.1. The van der Waals surface area contributed by atoms with Crippen LogP contribution in [0.15, 0.2) is 97.1 Å². The van der Waals surface area contributed by atoms with Gasteiger partial charge in [0.1, 0.15) is 0 Å². The summed E-state index contributed by atoms with van der Waals surface area (Å²) in [6.45, 7) is 9.69. The molecule has 6 aromatic rings. The molecule has 0 spiro atoms. The van der Waals surface area contributed by atoms with E-state index in [1.165, 1.54) is 64.9 Å². The lowest BCUT2D eigenvalue weighted by Gasteiger charge is -2.22. The summed E-state index contributed by atoms with van der Waals surface area (Å²) in [5, 5.41) is 11.6. The van der Waals surface area contributed by atoms with Gasteiger partial charge in [-0.3, -0.25) is 0 Å². The van der Waals surface area contributed by atoms with E-state index < -0.39 is 17.6 Å². The molecule has 0 aliphatic rings. The minimum atomic E-state index is -0.645. The molecule has 0 nitrogen and oxygen atoms in total. The molecule has 0 heterocycles. The number of hydrogen-bond acceptors (Lipinski definition) is 0. The molecule has 0 N–H and O–H groups in total. The van der Waals surface area contributed by atoms with Crippen LogP contribution in [0.5, 0.6) is 0 Å². The molecule has 0 atom stereocenters. The van der Waals surface area contributed by atoms with Gasteiger partial charge in [0, 0.05) is 0 Å². The van der Waals surface area contributed by atoms with Crippen LogP contribution in [-0.4, -0.2) is 17.6 Å². The summed E-state index contributed by atoms with van der Waals surface area (Å²) >= 11 is 0. The van der Waals surface area contributed by atoms with Crippen molar-refractivity contribution in [3.8, 4) is 22.3 Å².